The number of carbonyl (C=O) groups is 2. The summed E-state index contributed by atoms with van der Waals surface area (Å²) >= 11 is 0. The molecule has 4 aromatic rings. The van der Waals surface area contributed by atoms with Crippen molar-refractivity contribution in [3.63, 3.8) is 0 Å². The van der Waals surface area contributed by atoms with E-state index < -0.39 is 0 Å². The maximum Gasteiger partial charge on any atom is 0.254 e. The van der Waals surface area contributed by atoms with Gasteiger partial charge in [0.15, 0.2) is 0 Å². The fourth-order valence-corrected chi connectivity index (χ4v) is 4.85. The van der Waals surface area contributed by atoms with Gasteiger partial charge in [-0.05, 0) is 74.7 Å². The van der Waals surface area contributed by atoms with Crippen LogP contribution in [0.3, 0.4) is 0 Å². The van der Waals surface area contributed by atoms with E-state index in [-0.39, 0.29) is 24.5 Å². The highest BCUT2D eigenvalue weighted by molar-refractivity contribution is 6.00. The van der Waals surface area contributed by atoms with E-state index in [1.165, 1.54) is 0 Å². The van der Waals surface area contributed by atoms with Gasteiger partial charge < -0.3 is 14.4 Å². The number of benzene rings is 3. The highest BCUT2D eigenvalue weighted by Gasteiger charge is 2.26. The van der Waals surface area contributed by atoms with Gasteiger partial charge in [-0.15, -0.1) is 0 Å². The zero-order valence-corrected chi connectivity index (χ0v) is 23.1. The zero-order valence-electron chi connectivity index (χ0n) is 23.1. The van der Waals surface area contributed by atoms with Crippen molar-refractivity contribution in [3.8, 4) is 22.7 Å². The van der Waals surface area contributed by atoms with E-state index in [1.54, 1.807) is 18.1 Å². The lowest BCUT2D eigenvalue weighted by atomic mass is 10.1. The molecular weight excluding hydrogens is 504 g/mol. The number of nitrogens with one attached hydrogen (secondary N) is 1. The lowest BCUT2D eigenvalue weighted by Crippen LogP contribution is -2.42. The third-order valence-electron chi connectivity index (χ3n) is 7.10. The summed E-state index contributed by atoms with van der Waals surface area (Å²) in [6, 6.07) is 23.0. The van der Waals surface area contributed by atoms with E-state index in [0.29, 0.717) is 30.4 Å². The second kappa shape index (κ2) is 12.2. The van der Waals surface area contributed by atoms with Gasteiger partial charge in [0, 0.05) is 36.2 Å². The smallest absolute Gasteiger partial charge is 0.254 e. The molecule has 0 spiro atoms. The van der Waals surface area contributed by atoms with Crippen LogP contribution in [-0.2, 0) is 9.53 Å². The molecule has 1 fully saturated rings. The lowest BCUT2D eigenvalue weighted by Gasteiger charge is -2.25. The molecule has 1 aromatic heterocycles. The summed E-state index contributed by atoms with van der Waals surface area (Å²) in [5.41, 5.74) is 5.02. The number of hydrogen-bond donors (Lipinski definition) is 1. The SMILES string of the molecule is COc1ccc(-c2cn(-c3ccc(C)cc3)c(NC(=O)CN(C[C@H]3CCCO3)C(=O)c3ccccc3C)n2)cc1. The quantitative estimate of drug-likeness (QED) is 0.307. The lowest BCUT2D eigenvalue weighted by molar-refractivity contribution is -0.117. The predicted molar refractivity (Wildman–Crippen MR) is 155 cm³/mol. The Bertz CT molecular complexity index is 1470. The number of rotatable bonds is 9. The molecule has 1 aliphatic heterocycles. The minimum absolute atomic E-state index is 0.0861. The number of amides is 2. The summed E-state index contributed by atoms with van der Waals surface area (Å²) in [6.45, 7) is 4.83. The molecule has 8 nitrogen and oxygen atoms in total. The van der Waals surface area contributed by atoms with E-state index in [4.69, 9.17) is 14.5 Å². The summed E-state index contributed by atoms with van der Waals surface area (Å²) in [5, 5.41) is 2.97. The van der Waals surface area contributed by atoms with Crippen LogP contribution in [0.25, 0.3) is 16.9 Å². The molecule has 2 heterocycles. The average Bonchev–Trinajstić information content (AvgIpc) is 3.63. The molecule has 1 N–H and O–H groups in total. The maximum atomic E-state index is 13.6. The molecule has 0 bridgehead atoms. The minimum Gasteiger partial charge on any atom is -0.497 e. The van der Waals surface area contributed by atoms with Crippen LogP contribution < -0.4 is 10.1 Å². The molecule has 5 rings (SSSR count). The predicted octanol–water partition coefficient (Wildman–Crippen LogP) is 5.42. The maximum absolute atomic E-state index is 13.6. The third kappa shape index (κ3) is 6.24. The van der Waals surface area contributed by atoms with Gasteiger partial charge in [-0.25, -0.2) is 4.98 Å². The molecule has 1 aliphatic rings. The van der Waals surface area contributed by atoms with Gasteiger partial charge >= 0.3 is 0 Å². The van der Waals surface area contributed by atoms with Gasteiger partial charge in [0.25, 0.3) is 5.91 Å². The molecule has 0 aliphatic carbocycles. The molecule has 40 heavy (non-hydrogen) atoms. The average molecular weight is 539 g/mol. The first kappa shape index (κ1) is 27.1. The normalized spacial score (nSPS) is 14.6. The van der Waals surface area contributed by atoms with Crippen molar-refractivity contribution in [3.05, 3.63) is 95.7 Å². The summed E-state index contributed by atoms with van der Waals surface area (Å²) in [5.74, 6) is 0.602. The van der Waals surface area contributed by atoms with Crippen LogP contribution in [0.15, 0.2) is 79.0 Å². The minimum atomic E-state index is -0.333. The number of aromatic nitrogens is 2. The fraction of sp³-hybridized carbons (Fsp3) is 0.281. The van der Waals surface area contributed by atoms with Crippen molar-refractivity contribution >= 4 is 17.8 Å². The van der Waals surface area contributed by atoms with Crippen LogP contribution in [0.4, 0.5) is 5.95 Å². The third-order valence-corrected chi connectivity index (χ3v) is 7.10. The van der Waals surface area contributed by atoms with Crippen LogP contribution >= 0.6 is 0 Å². The van der Waals surface area contributed by atoms with Crippen LogP contribution in [-0.4, -0.2) is 59.2 Å². The Kier molecular flexibility index (Phi) is 8.26. The van der Waals surface area contributed by atoms with Crippen LogP contribution in [0.2, 0.25) is 0 Å². The first-order valence-electron chi connectivity index (χ1n) is 13.5. The largest absolute Gasteiger partial charge is 0.497 e. The molecule has 1 atom stereocenters. The van der Waals surface area contributed by atoms with Crippen LogP contribution in [0.5, 0.6) is 5.75 Å². The van der Waals surface area contributed by atoms with Crippen molar-refractivity contribution < 1.29 is 19.1 Å². The number of aryl methyl sites for hydroxylation is 2. The van der Waals surface area contributed by atoms with E-state index in [0.717, 1.165) is 41.0 Å². The monoisotopic (exact) mass is 538 g/mol. The summed E-state index contributed by atoms with van der Waals surface area (Å²) in [7, 11) is 1.63. The van der Waals surface area contributed by atoms with Gasteiger partial charge in [0.1, 0.15) is 12.3 Å². The second-order valence-corrected chi connectivity index (χ2v) is 10.1. The van der Waals surface area contributed by atoms with Gasteiger partial charge in [0.2, 0.25) is 11.9 Å². The Balaban J connectivity index is 1.42. The number of hydrogen-bond acceptors (Lipinski definition) is 5. The molecule has 206 valence electrons. The molecule has 2 amide bonds. The van der Waals surface area contributed by atoms with E-state index in [9.17, 15) is 9.59 Å². The van der Waals surface area contributed by atoms with E-state index in [2.05, 4.69) is 5.32 Å². The van der Waals surface area contributed by atoms with Crippen molar-refractivity contribution in [2.24, 2.45) is 0 Å². The first-order valence-corrected chi connectivity index (χ1v) is 13.5. The Morgan fingerprint density at radius 2 is 1.80 bits per heavy atom. The highest BCUT2D eigenvalue weighted by Crippen LogP contribution is 2.26. The number of anilines is 1. The second-order valence-electron chi connectivity index (χ2n) is 10.1. The molecule has 1 saturated heterocycles. The molecular formula is C32H34N4O4. The highest BCUT2D eigenvalue weighted by atomic mass is 16.5. The van der Waals surface area contributed by atoms with Crippen LogP contribution in [0.1, 0.15) is 34.3 Å². The molecule has 0 radical (unpaired) electrons. The molecule has 3 aromatic carbocycles. The summed E-state index contributed by atoms with van der Waals surface area (Å²) < 4.78 is 12.9. The van der Waals surface area contributed by atoms with Crippen LogP contribution in [0, 0.1) is 13.8 Å². The topological polar surface area (TPSA) is 85.7 Å². The number of ether oxygens (including phenoxy) is 2. The van der Waals surface area contributed by atoms with Crippen molar-refractivity contribution in [2.45, 2.75) is 32.8 Å². The number of carbonyl (C=O) groups excluding carboxylic acids is 2. The zero-order chi connectivity index (χ0) is 28.1. The Hall–Kier alpha value is -4.43. The molecule has 8 heteroatoms. The van der Waals surface area contributed by atoms with Gasteiger partial charge in [-0.1, -0.05) is 35.9 Å². The Morgan fingerprint density at radius 1 is 1.05 bits per heavy atom. The van der Waals surface area contributed by atoms with Gasteiger partial charge in [0.05, 0.1) is 18.9 Å². The Labute approximate surface area is 234 Å². The van der Waals surface area contributed by atoms with Gasteiger partial charge in [-0.3, -0.25) is 19.5 Å². The fourth-order valence-electron chi connectivity index (χ4n) is 4.85. The van der Waals surface area contributed by atoms with E-state index >= 15 is 0 Å². The number of nitrogens with zero attached hydrogens (tertiary/aromatic N) is 3. The summed E-state index contributed by atoms with van der Waals surface area (Å²) in [6.07, 6.45) is 3.62. The summed E-state index contributed by atoms with van der Waals surface area (Å²) in [4.78, 5) is 33.4. The van der Waals surface area contributed by atoms with Crippen molar-refractivity contribution in [1.29, 1.82) is 0 Å². The molecule has 0 unspecified atom stereocenters. The standard InChI is InChI=1S/C32H34N4O4/c1-22-10-14-25(15-11-22)36-20-29(24-12-16-26(39-3)17-13-24)33-32(36)34-30(37)21-35(19-27-8-6-18-40-27)31(38)28-9-5-4-7-23(28)2/h4-5,7,9-17,20,27H,6,8,18-19,21H2,1-3H3,(H,33,34,37)/t27-/m1/s1. The van der Waals surface area contributed by atoms with Crippen molar-refractivity contribution in [2.75, 3.05) is 32.1 Å². The van der Waals surface area contributed by atoms with Gasteiger partial charge in [-0.2, -0.15) is 0 Å². The van der Waals surface area contributed by atoms with E-state index in [1.807, 2.05) is 91.3 Å². The number of methoxy groups -OCH3 is 1. The number of imidazole rings is 1. The first-order chi connectivity index (χ1) is 19.4. The Morgan fingerprint density at radius 3 is 2.48 bits per heavy atom. The van der Waals surface area contributed by atoms with Crippen molar-refractivity contribution in [1.82, 2.24) is 14.5 Å². The molecule has 0 saturated carbocycles.